The van der Waals surface area contributed by atoms with E-state index in [1.165, 1.54) is 25.7 Å². The maximum Gasteiger partial charge on any atom is 0.225 e. The first-order chi connectivity index (χ1) is 10.7. The van der Waals surface area contributed by atoms with Crippen LogP contribution in [0.1, 0.15) is 51.9 Å². The molecule has 1 saturated carbocycles. The zero-order chi connectivity index (χ0) is 15.5. The van der Waals surface area contributed by atoms with Crippen molar-refractivity contribution in [2.45, 2.75) is 64.0 Å². The quantitative estimate of drug-likeness (QED) is 0.835. The molecule has 1 N–H and O–H groups in total. The van der Waals surface area contributed by atoms with Gasteiger partial charge in [0.15, 0.2) is 0 Å². The van der Waals surface area contributed by atoms with E-state index in [4.69, 9.17) is 0 Å². The number of hydrogen-bond acceptors (Lipinski definition) is 3. The number of likely N-dealkylation sites (N-methyl/N-ethyl adjacent to an activating group) is 1. The van der Waals surface area contributed by atoms with Gasteiger partial charge in [-0.05, 0) is 38.8 Å². The molecule has 124 valence electrons. The van der Waals surface area contributed by atoms with Gasteiger partial charge in [0.1, 0.15) is 0 Å². The van der Waals surface area contributed by atoms with E-state index in [1.54, 1.807) is 0 Å². The summed E-state index contributed by atoms with van der Waals surface area (Å²) in [7, 11) is 0. The third kappa shape index (κ3) is 3.29. The minimum atomic E-state index is -0.135. The number of likely N-dealkylation sites (tertiary alicyclic amines) is 2. The number of hydrogen-bond donors (Lipinski definition) is 1. The van der Waals surface area contributed by atoms with Crippen molar-refractivity contribution in [1.29, 1.82) is 0 Å². The summed E-state index contributed by atoms with van der Waals surface area (Å²) in [6.45, 7) is 5.75. The van der Waals surface area contributed by atoms with E-state index in [0.717, 1.165) is 32.5 Å². The van der Waals surface area contributed by atoms with Crippen molar-refractivity contribution in [1.82, 2.24) is 15.1 Å². The van der Waals surface area contributed by atoms with Crippen LogP contribution in [-0.2, 0) is 9.59 Å². The lowest BCUT2D eigenvalue weighted by atomic mass is 10.1. The second kappa shape index (κ2) is 6.99. The van der Waals surface area contributed by atoms with Crippen molar-refractivity contribution in [3.8, 4) is 0 Å². The van der Waals surface area contributed by atoms with Crippen LogP contribution in [-0.4, -0.2) is 59.9 Å². The Bertz CT molecular complexity index is 420. The first-order valence-corrected chi connectivity index (χ1v) is 9.00. The van der Waals surface area contributed by atoms with Crippen molar-refractivity contribution in [3.63, 3.8) is 0 Å². The highest BCUT2D eigenvalue weighted by Gasteiger charge is 2.38. The molecule has 2 heterocycles. The van der Waals surface area contributed by atoms with Crippen molar-refractivity contribution in [2.75, 3.05) is 26.2 Å². The van der Waals surface area contributed by atoms with E-state index in [-0.39, 0.29) is 17.7 Å². The summed E-state index contributed by atoms with van der Waals surface area (Å²) in [6, 6.07) is 0.882. The zero-order valence-electron chi connectivity index (χ0n) is 13.7. The fraction of sp³-hybridized carbons (Fsp3) is 0.882. The van der Waals surface area contributed by atoms with Crippen molar-refractivity contribution < 1.29 is 9.59 Å². The van der Waals surface area contributed by atoms with Gasteiger partial charge in [-0.1, -0.05) is 19.8 Å². The minimum absolute atomic E-state index is 0.0804. The van der Waals surface area contributed by atoms with Crippen LogP contribution >= 0.6 is 0 Å². The molecule has 2 amide bonds. The average Bonchev–Trinajstić information content (AvgIpc) is 3.24. The van der Waals surface area contributed by atoms with Gasteiger partial charge >= 0.3 is 0 Å². The Kier molecular flexibility index (Phi) is 5.01. The van der Waals surface area contributed by atoms with Gasteiger partial charge in [0, 0.05) is 31.6 Å². The highest BCUT2D eigenvalue weighted by molar-refractivity contribution is 5.89. The summed E-state index contributed by atoms with van der Waals surface area (Å²) in [5.41, 5.74) is 0. The second-order valence-corrected chi connectivity index (χ2v) is 7.06. The fourth-order valence-electron chi connectivity index (χ4n) is 4.38. The van der Waals surface area contributed by atoms with Crippen molar-refractivity contribution in [2.24, 2.45) is 5.92 Å². The predicted molar refractivity (Wildman–Crippen MR) is 85.4 cm³/mol. The Hall–Kier alpha value is -1.10. The van der Waals surface area contributed by atoms with Crippen LogP contribution in [0, 0.1) is 5.92 Å². The van der Waals surface area contributed by atoms with Gasteiger partial charge in [-0.25, -0.2) is 0 Å². The van der Waals surface area contributed by atoms with Gasteiger partial charge in [-0.3, -0.25) is 14.5 Å². The van der Waals surface area contributed by atoms with E-state index in [0.29, 0.717) is 25.0 Å². The van der Waals surface area contributed by atoms with Gasteiger partial charge in [-0.15, -0.1) is 0 Å². The Morgan fingerprint density at radius 3 is 2.73 bits per heavy atom. The maximum atomic E-state index is 12.4. The van der Waals surface area contributed by atoms with Crippen molar-refractivity contribution >= 4 is 11.8 Å². The topological polar surface area (TPSA) is 52.7 Å². The molecule has 0 radical (unpaired) electrons. The smallest absolute Gasteiger partial charge is 0.225 e. The van der Waals surface area contributed by atoms with Crippen LogP contribution in [0.3, 0.4) is 0 Å². The van der Waals surface area contributed by atoms with Gasteiger partial charge in [0.25, 0.3) is 0 Å². The number of rotatable bonds is 5. The molecule has 0 unspecified atom stereocenters. The Morgan fingerprint density at radius 2 is 2.00 bits per heavy atom. The van der Waals surface area contributed by atoms with Crippen molar-refractivity contribution in [3.05, 3.63) is 0 Å². The SMILES string of the molecule is CCN1CCC[C@H]1CNC(=O)[C@H]1CC(=O)N(C2CCCC2)C1. The molecule has 0 spiro atoms. The summed E-state index contributed by atoms with van der Waals surface area (Å²) in [4.78, 5) is 29.0. The average molecular weight is 307 g/mol. The van der Waals surface area contributed by atoms with Gasteiger partial charge < -0.3 is 10.2 Å². The molecule has 3 aliphatic rings. The molecule has 22 heavy (non-hydrogen) atoms. The van der Waals surface area contributed by atoms with Crippen LogP contribution in [0.5, 0.6) is 0 Å². The predicted octanol–water partition coefficient (Wildman–Crippen LogP) is 1.38. The highest BCUT2D eigenvalue weighted by Crippen LogP contribution is 2.29. The molecule has 3 fully saturated rings. The lowest BCUT2D eigenvalue weighted by Gasteiger charge is -2.25. The molecule has 2 saturated heterocycles. The molecular formula is C17H29N3O2. The lowest BCUT2D eigenvalue weighted by Crippen LogP contribution is -2.42. The first-order valence-electron chi connectivity index (χ1n) is 9.00. The molecule has 5 nitrogen and oxygen atoms in total. The molecule has 3 rings (SSSR count). The maximum absolute atomic E-state index is 12.4. The van der Waals surface area contributed by atoms with Crippen LogP contribution < -0.4 is 5.32 Å². The Balaban J connectivity index is 1.47. The van der Waals surface area contributed by atoms with E-state index in [9.17, 15) is 9.59 Å². The van der Waals surface area contributed by atoms with Gasteiger partial charge in [0.05, 0.1) is 5.92 Å². The summed E-state index contributed by atoms with van der Waals surface area (Å²) in [5, 5.41) is 3.10. The molecule has 0 aromatic heterocycles. The van der Waals surface area contributed by atoms with E-state index < -0.39 is 0 Å². The number of nitrogens with one attached hydrogen (secondary N) is 1. The monoisotopic (exact) mass is 307 g/mol. The minimum Gasteiger partial charge on any atom is -0.354 e. The molecule has 2 atom stereocenters. The summed E-state index contributed by atoms with van der Waals surface area (Å²) in [5.74, 6) is 0.129. The van der Waals surface area contributed by atoms with Gasteiger partial charge in [0.2, 0.25) is 11.8 Å². The molecular weight excluding hydrogens is 278 g/mol. The van der Waals surface area contributed by atoms with Crippen LogP contribution in [0.25, 0.3) is 0 Å². The fourth-order valence-corrected chi connectivity index (χ4v) is 4.38. The third-order valence-corrected chi connectivity index (χ3v) is 5.71. The molecule has 5 heteroatoms. The van der Waals surface area contributed by atoms with Gasteiger partial charge in [-0.2, -0.15) is 0 Å². The molecule has 0 aromatic carbocycles. The Morgan fingerprint density at radius 1 is 1.23 bits per heavy atom. The van der Waals surface area contributed by atoms with E-state index in [2.05, 4.69) is 17.1 Å². The van der Waals surface area contributed by atoms with Crippen LogP contribution in [0.15, 0.2) is 0 Å². The first kappa shape index (κ1) is 15.8. The molecule has 0 bridgehead atoms. The van der Waals surface area contributed by atoms with Crippen LogP contribution in [0.4, 0.5) is 0 Å². The third-order valence-electron chi connectivity index (χ3n) is 5.71. The van der Waals surface area contributed by atoms with E-state index >= 15 is 0 Å². The summed E-state index contributed by atoms with van der Waals surface area (Å²) in [6.07, 6.45) is 7.49. The Labute approximate surface area is 133 Å². The largest absolute Gasteiger partial charge is 0.354 e. The number of nitrogens with zero attached hydrogens (tertiary/aromatic N) is 2. The molecule has 1 aliphatic carbocycles. The second-order valence-electron chi connectivity index (χ2n) is 7.06. The standard InChI is InChI=1S/C17H29N3O2/c1-2-19-9-5-8-15(19)11-18-17(22)13-10-16(21)20(12-13)14-6-3-4-7-14/h13-15H,2-12H2,1H3,(H,18,22)/t13-,15-/m0/s1. The van der Waals surface area contributed by atoms with E-state index in [1.807, 2.05) is 4.90 Å². The zero-order valence-corrected chi connectivity index (χ0v) is 13.7. The number of amides is 2. The highest BCUT2D eigenvalue weighted by atomic mass is 16.2. The summed E-state index contributed by atoms with van der Waals surface area (Å²) >= 11 is 0. The normalized spacial score (nSPS) is 30.4. The van der Waals surface area contributed by atoms with Crippen LogP contribution in [0.2, 0.25) is 0 Å². The molecule has 0 aromatic rings. The lowest BCUT2D eigenvalue weighted by molar-refractivity contribution is -0.130. The summed E-state index contributed by atoms with van der Waals surface area (Å²) < 4.78 is 0. The number of carbonyl (C=O) groups is 2. The number of carbonyl (C=O) groups excluding carboxylic acids is 2. The molecule has 2 aliphatic heterocycles.